The van der Waals surface area contributed by atoms with Crippen LogP contribution in [-0.4, -0.2) is 64.9 Å². The number of nitrogens with one attached hydrogen (secondary N) is 1. The third-order valence-electron chi connectivity index (χ3n) is 3.96. The van der Waals surface area contributed by atoms with Crippen LogP contribution < -0.4 is 5.32 Å². The van der Waals surface area contributed by atoms with E-state index in [1.807, 2.05) is 34.6 Å². The normalized spacial score (nSPS) is 20.9. The van der Waals surface area contributed by atoms with Crippen LogP contribution in [0.5, 0.6) is 0 Å². The van der Waals surface area contributed by atoms with E-state index < -0.39 is 29.1 Å². The number of nitrogens with zero attached hydrogens (tertiary/aromatic N) is 1. The van der Waals surface area contributed by atoms with Gasteiger partial charge in [-0.1, -0.05) is 0 Å². The fraction of sp³-hybridized carbons (Fsp3) is 0.895. The first-order valence-electron chi connectivity index (χ1n) is 9.38. The minimum absolute atomic E-state index is 0.130. The molecular formula is C19H36N2O6. The van der Waals surface area contributed by atoms with Gasteiger partial charge in [0.15, 0.2) is 0 Å². The van der Waals surface area contributed by atoms with E-state index in [4.69, 9.17) is 14.2 Å². The molecule has 1 aliphatic rings. The molecule has 1 aliphatic heterocycles. The van der Waals surface area contributed by atoms with Gasteiger partial charge in [0, 0.05) is 19.1 Å². The Bertz CT molecular complexity index is 521. The Morgan fingerprint density at radius 1 is 1.19 bits per heavy atom. The topological polar surface area (TPSA) is 97.3 Å². The molecule has 1 saturated heterocycles. The highest BCUT2D eigenvalue weighted by Crippen LogP contribution is 2.32. The van der Waals surface area contributed by atoms with Gasteiger partial charge < -0.3 is 24.6 Å². The van der Waals surface area contributed by atoms with Crippen molar-refractivity contribution in [2.45, 2.75) is 84.8 Å². The van der Waals surface area contributed by atoms with Gasteiger partial charge in [0.2, 0.25) is 0 Å². The summed E-state index contributed by atoms with van der Waals surface area (Å²) < 4.78 is 16.5. The Hall–Kier alpha value is -1.54. The minimum atomic E-state index is -0.800. The Morgan fingerprint density at radius 2 is 1.74 bits per heavy atom. The first kappa shape index (κ1) is 23.5. The summed E-state index contributed by atoms with van der Waals surface area (Å²) in [4.78, 5) is 26.1. The molecular weight excluding hydrogens is 352 g/mol. The molecule has 1 rings (SSSR count). The number of hydrogen-bond donors (Lipinski definition) is 2. The molecule has 0 radical (unpaired) electrons. The van der Waals surface area contributed by atoms with Crippen molar-refractivity contribution in [3.05, 3.63) is 0 Å². The fourth-order valence-corrected chi connectivity index (χ4v) is 2.89. The van der Waals surface area contributed by atoms with Crippen molar-refractivity contribution in [2.24, 2.45) is 5.92 Å². The second kappa shape index (κ2) is 8.65. The van der Waals surface area contributed by atoms with Crippen LogP contribution in [0.15, 0.2) is 0 Å². The predicted octanol–water partition coefficient (Wildman–Crippen LogP) is 2.88. The van der Waals surface area contributed by atoms with E-state index in [0.717, 1.165) is 0 Å². The van der Waals surface area contributed by atoms with Gasteiger partial charge in [-0.2, -0.15) is 0 Å². The molecule has 0 aromatic carbocycles. The number of rotatable bonds is 5. The quantitative estimate of drug-likeness (QED) is 0.752. The highest BCUT2D eigenvalue weighted by molar-refractivity contribution is 5.70. The number of aliphatic hydroxyl groups is 1. The van der Waals surface area contributed by atoms with Gasteiger partial charge >= 0.3 is 12.2 Å². The molecule has 0 bridgehead atoms. The van der Waals surface area contributed by atoms with Crippen LogP contribution in [0.25, 0.3) is 0 Å². The van der Waals surface area contributed by atoms with Crippen LogP contribution in [-0.2, 0) is 14.2 Å². The molecule has 2 N–H and O–H groups in total. The molecule has 8 nitrogen and oxygen atoms in total. The van der Waals surface area contributed by atoms with Gasteiger partial charge in [0.1, 0.15) is 16.9 Å². The number of alkyl carbamates (subject to hydrolysis) is 1. The molecule has 0 aromatic heterocycles. The number of carbonyl (C=O) groups excluding carboxylic acids is 2. The van der Waals surface area contributed by atoms with Crippen molar-refractivity contribution in [3.8, 4) is 0 Å². The van der Waals surface area contributed by atoms with Crippen LogP contribution in [0.2, 0.25) is 0 Å². The highest BCUT2D eigenvalue weighted by atomic mass is 16.6. The van der Waals surface area contributed by atoms with E-state index in [1.54, 1.807) is 25.7 Å². The molecule has 0 spiro atoms. The lowest BCUT2D eigenvalue weighted by Crippen LogP contribution is -2.50. The lowest BCUT2D eigenvalue weighted by atomic mass is 10.00. The van der Waals surface area contributed by atoms with Gasteiger partial charge in [-0.15, -0.1) is 0 Å². The van der Waals surface area contributed by atoms with Crippen LogP contribution in [0.4, 0.5) is 9.59 Å². The van der Waals surface area contributed by atoms with Gasteiger partial charge in [-0.3, -0.25) is 4.90 Å². The molecule has 0 aliphatic carbocycles. The largest absolute Gasteiger partial charge is 0.444 e. The molecule has 1 heterocycles. The summed E-state index contributed by atoms with van der Waals surface area (Å²) >= 11 is 0. The van der Waals surface area contributed by atoms with E-state index in [0.29, 0.717) is 13.0 Å². The number of carbonyl (C=O) groups is 2. The Balaban J connectivity index is 2.72. The highest BCUT2D eigenvalue weighted by Gasteiger charge is 2.46. The number of hydrogen-bond acceptors (Lipinski definition) is 6. The Kier molecular flexibility index (Phi) is 7.52. The zero-order valence-corrected chi connectivity index (χ0v) is 17.9. The second-order valence-electron chi connectivity index (χ2n) is 9.43. The lowest BCUT2D eigenvalue weighted by molar-refractivity contribution is -0.0633. The first-order chi connectivity index (χ1) is 12.1. The summed E-state index contributed by atoms with van der Waals surface area (Å²) in [5.41, 5.74) is -2.00. The molecule has 2 amide bonds. The van der Waals surface area contributed by atoms with E-state index in [1.165, 1.54) is 0 Å². The van der Waals surface area contributed by atoms with Crippen LogP contribution >= 0.6 is 0 Å². The van der Waals surface area contributed by atoms with Crippen LogP contribution in [0.3, 0.4) is 0 Å². The fourth-order valence-electron chi connectivity index (χ4n) is 2.89. The van der Waals surface area contributed by atoms with E-state index >= 15 is 0 Å². The van der Waals surface area contributed by atoms with Gasteiger partial charge in [-0.25, -0.2) is 9.59 Å². The Labute approximate surface area is 162 Å². The molecule has 0 aromatic rings. The zero-order chi connectivity index (χ0) is 21.0. The molecule has 1 fully saturated rings. The molecule has 2 atom stereocenters. The smallest absolute Gasteiger partial charge is 0.412 e. The lowest BCUT2D eigenvalue weighted by Gasteiger charge is -2.36. The van der Waals surface area contributed by atoms with Crippen molar-refractivity contribution >= 4 is 12.2 Å². The van der Waals surface area contributed by atoms with Gasteiger partial charge in [-0.05, 0) is 61.8 Å². The number of aliphatic hydroxyl groups excluding tert-OH is 1. The maximum atomic E-state index is 12.7. The van der Waals surface area contributed by atoms with E-state index in [-0.39, 0.29) is 25.1 Å². The maximum absolute atomic E-state index is 12.7. The average molecular weight is 389 g/mol. The molecule has 1 unspecified atom stereocenters. The summed E-state index contributed by atoms with van der Waals surface area (Å²) in [5.74, 6) is -0.245. The maximum Gasteiger partial charge on any atom is 0.412 e. The summed E-state index contributed by atoms with van der Waals surface area (Å²) in [6.45, 7) is 14.9. The van der Waals surface area contributed by atoms with Crippen molar-refractivity contribution in [1.29, 1.82) is 0 Å². The summed E-state index contributed by atoms with van der Waals surface area (Å²) in [5, 5.41) is 12.4. The zero-order valence-electron chi connectivity index (χ0n) is 17.9. The average Bonchev–Trinajstić information content (AvgIpc) is 2.74. The van der Waals surface area contributed by atoms with Gasteiger partial charge in [0.25, 0.3) is 0 Å². The van der Waals surface area contributed by atoms with Crippen molar-refractivity contribution in [2.75, 3.05) is 19.8 Å². The van der Waals surface area contributed by atoms with E-state index in [9.17, 15) is 14.7 Å². The van der Waals surface area contributed by atoms with Crippen LogP contribution in [0.1, 0.15) is 61.8 Å². The third-order valence-corrected chi connectivity index (χ3v) is 3.96. The molecule has 158 valence electrons. The van der Waals surface area contributed by atoms with Crippen molar-refractivity contribution in [1.82, 2.24) is 10.2 Å². The molecule has 27 heavy (non-hydrogen) atoms. The second-order valence-corrected chi connectivity index (χ2v) is 9.43. The van der Waals surface area contributed by atoms with Crippen molar-refractivity contribution in [3.63, 3.8) is 0 Å². The monoisotopic (exact) mass is 388 g/mol. The summed E-state index contributed by atoms with van der Waals surface area (Å²) in [7, 11) is 0. The van der Waals surface area contributed by atoms with Crippen LogP contribution in [0, 0.1) is 5.92 Å². The predicted molar refractivity (Wildman–Crippen MR) is 101 cm³/mol. The van der Waals surface area contributed by atoms with Gasteiger partial charge in [0.05, 0.1) is 12.6 Å². The van der Waals surface area contributed by atoms with Crippen molar-refractivity contribution < 1.29 is 28.9 Å². The third kappa shape index (κ3) is 7.92. The summed E-state index contributed by atoms with van der Waals surface area (Å²) in [6, 6.07) is -0.257. The number of ether oxygens (including phenoxy) is 3. The molecule has 8 heteroatoms. The summed E-state index contributed by atoms with van der Waals surface area (Å²) in [6.07, 6.45) is -0.519. The first-order valence-corrected chi connectivity index (χ1v) is 9.38. The number of amides is 2. The minimum Gasteiger partial charge on any atom is -0.444 e. The molecule has 0 saturated carbocycles. The van der Waals surface area contributed by atoms with E-state index in [2.05, 4.69) is 5.32 Å². The SMILES string of the molecule is CC(C)(C)OC(=O)NCC(CO)C[C@@H]1COC(C)(C)N1C(=O)OC(C)(C)C. The standard InChI is InChI=1S/C19H36N2O6/c1-17(2,3)26-15(23)20-10-13(11-22)9-14-12-25-19(7,8)21(14)16(24)27-18(4,5)6/h13-14,22H,9-12H2,1-8H3,(H,20,23)/t13?,14-/m1/s1. The Morgan fingerprint density at radius 3 is 2.22 bits per heavy atom.